The van der Waals surface area contributed by atoms with Crippen LogP contribution in [0.1, 0.15) is 30.5 Å². The third-order valence-electron chi connectivity index (χ3n) is 3.41. The minimum atomic E-state index is -3.36. The molecule has 0 spiro atoms. The number of benzene rings is 1. The number of nitrogens with zero attached hydrogens (tertiary/aromatic N) is 3. The molecule has 9 nitrogen and oxygen atoms in total. The van der Waals surface area contributed by atoms with E-state index in [-0.39, 0.29) is 40.0 Å². The predicted molar refractivity (Wildman–Crippen MR) is 101 cm³/mol. The molecule has 0 bridgehead atoms. The lowest BCUT2D eigenvalue weighted by Gasteiger charge is -2.05. The first-order chi connectivity index (χ1) is 13.7. The monoisotopic (exact) mass is 448 g/mol. The maximum absolute atomic E-state index is 12.8. The normalized spacial score (nSPS) is 12.4. The molecule has 0 unspecified atom stereocenters. The van der Waals surface area contributed by atoms with E-state index in [0.717, 1.165) is 24.1 Å². The lowest BCUT2D eigenvalue weighted by Crippen LogP contribution is -2.21. The van der Waals surface area contributed by atoms with Crippen molar-refractivity contribution < 1.29 is 31.8 Å². The van der Waals surface area contributed by atoms with Crippen LogP contribution >= 0.6 is 11.8 Å². The number of amidine groups is 1. The van der Waals surface area contributed by atoms with Crippen molar-refractivity contribution in [3.8, 4) is 0 Å². The van der Waals surface area contributed by atoms with E-state index in [0.29, 0.717) is 12.2 Å². The second-order valence-corrected chi connectivity index (χ2v) is 9.17. The zero-order valence-electron chi connectivity index (χ0n) is 15.2. The van der Waals surface area contributed by atoms with Gasteiger partial charge in [0, 0.05) is 24.0 Å². The molecule has 2 rings (SSSR count). The molecule has 0 radical (unpaired) electrons. The number of sulfone groups is 1. The molecule has 2 aromatic rings. The highest BCUT2D eigenvalue weighted by Crippen LogP contribution is 2.25. The van der Waals surface area contributed by atoms with Crippen LogP contribution in [-0.4, -0.2) is 53.3 Å². The van der Waals surface area contributed by atoms with Gasteiger partial charge in [-0.3, -0.25) is 15.5 Å². The summed E-state index contributed by atoms with van der Waals surface area (Å²) in [6.07, 6.45) is -1.20. The quantitative estimate of drug-likeness (QED) is 0.185. The summed E-state index contributed by atoms with van der Waals surface area (Å²) in [4.78, 5) is 15.6. The van der Waals surface area contributed by atoms with Crippen LogP contribution in [0.2, 0.25) is 0 Å². The lowest BCUT2D eigenvalue weighted by molar-refractivity contribution is -0.116. The number of ketones is 1. The molecule has 0 saturated carbocycles. The highest BCUT2D eigenvalue weighted by molar-refractivity contribution is 7.99. The summed E-state index contributed by atoms with van der Waals surface area (Å²) in [5.74, 6) is -0.647. The summed E-state index contributed by atoms with van der Waals surface area (Å²) >= 11 is 1.16. The molecular weight excluding hydrogens is 430 g/mol. The Morgan fingerprint density at radius 1 is 1.38 bits per heavy atom. The lowest BCUT2D eigenvalue weighted by atomic mass is 10.2. The molecule has 0 aliphatic heterocycles. The van der Waals surface area contributed by atoms with E-state index in [1.54, 1.807) is 0 Å². The number of carbonyl (C=O) groups is 1. The first-order valence-electron chi connectivity index (χ1n) is 8.21. The summed E-state index contributed by atoms with van der Waals surface area (Å²) in [5, 5.41) is 17.0. The van der Waals surface area contributed by atoms with Gasteiger partial charge < -0.3 is 0 Å². The van der Waals surface area contributed by atoms with Crippen molar-refractivity contribution in [2.75, 3.05) is 17.8 Å². The van der Waals surface area contributed by atoms with Gasteiger partial charge in [0.15, 0.2) is 26.4 Å². The van der Waals surface area contributed by atoms with Gasteiger partial charge in [0.05, 0.1) is 5.69 Å². The minimum absolute atomic E-state index is 0.0578. The number of thioether (sulfide) groups is 1. The molecule has 29 heavy (non-hydrogen) atoms. The van der Waals surface area contributed by atoms with Crippen molar-refractivity contribution in [2.24, 2.45) is 4.99 Å². The number of rotatable bonds is 10. The van der Waals surface area contributed by atoms with Crippen molar-refractivity contribution in [2.45, 2.75) is 24.3 Å². The van der Waals surface area contributed by atoms with E-state index in [1.165, 1.54) is 18.2 Å². The molecule has 1 heterocycles. The van der Waals surface area contributed by atoms with Crippen LogP contribution in [0.3, 0.4) is 0 Å². The number of hydrogen-bond donors (Lipinski definition) is 2. The molecular formula is C16H18F2N4O5S2. The Hall–Kier alpha value is -2.38. The summed E-state index contributed by atoms with van der Waals surface area (Å²) in [6, 6.07) is 5.28. The van der Waals surface area contributed by atoms with Gasteiger partial charge in [0.2, 0.25) is 0 Å². The molecule has 13 heteroatoms. The maximum Gasteiger partial charge on any atom is 0.263 e. The topological polar surface area (TPSA) is 135 Å². The fourth-order valence-electron chi connectivity index (χ4n) is 2.21. The Morgan fingerprint density at radius 2 is 2.14 bits per heavy atom. The summed E-state index contributed by atoms with van der Waals surface area (Å²) in [7, 11) is -3.36. The van der Waals surface area contributed by atoms with Crippen LogP contribution in [0.25, 0.3) is 0 Å². The number of carbonyl (C=O) groups excluding carboxylic acids is 1. The third-order valence-corrected chi connectivity index (χ3v) is 5.29. The average Bonchev–Trinajstić information content (AvgIpc) is 3.10. The first kappa shape index (κ1) is 22.9. The Bertz CT molecular complexity index is 979. The fourth-order valence-corrected chi connectivity index (χ4v) is 3.78. The third kappa shape index (κ3) is 7.51. The Kier molecular flexibility index (Phi) is 8.22. The highest BCUT2D eigenvalue weighted by Gasteiger charge is 2.18. The van der Waals surface area contributed by atoms with Gasteiger partial charge in [0.25, 0.3) is 6.43 Å². The zero-order chi connectivity index (χ0) is 21.4. The molecule has 0 atom stereocenters. The molecule has 0 aliphatic carbocycles. The van der Waals surface area contributed by atoms with Gasteiger partial charge >= 0.3 is 0 Å². The summed E-state index contributed by atoms with van der Waals surface area (Å²) < 4.78 is 52.4. The number of hydrogen-bond acceptors (Lipinski definition) is 9. The van der Waals surface area contributed by atoms with E-state index in [9.17, 15) is 27.2 Å². The number of halogens is 2. The van der Waals surface area contributed by atoms with Crippen LogP contribution in [0.4, 0.5) is 14.5 Å². The van der Waals surface area contributed by atoms with Gasteiger partial charge in [-0.15, -0.1) is 11.8 Å². The molecule has 0 saturated heterocycles. The molecule has 0 fully saturated rings. The number of aromatic nitrogens is 2. The average molecular weight is 448 g/mol. The summed E-state index contributed by atoms with van der Waals surface area (Å²) in [5.41, 5.74) is 1.83. The van der Waals surface area contributed by atoms with E-state index in [1.807, 2.05) is 5.48 Å². The van der Waals surface area contributed by atoms with Gasteiger partial charge in [-0.2, -0.15) is 0 Å². The molecule has 0 amide bonds. The van der Waals surface area contributed by atoms with Crippen molar-refractivity contribution in [3.63, 3.8) is 0 Å². The summed E-state index contributed by atoms with van der Waals surface area (Å²) in [6.45, 7) is 0. The second kappa shape index (κ2) is 10.4. The maximum atomic E-state index is 12.8. The van der Waals surface area contributed by atoms with Crippen LogP contribution in [0.5, 0.6) is 0 Å². The van der Waals surface area contributed by atoms with E-state index in [2.05, 4.69) is 19.9 Å². The van der Waals surface area contributed by atoms with Crippen molar-refractivity contribution in [1.29, 1.82) is 0 Å². The molecule has 0 aliphatic rings. The number of hydroxylamine groups is 1. The predicted octanol–water partition coefficient (Wildman–Crippen LogP) is 2.55. The van der Waals surface area contributed by atoms with E-state index >= 15 is 0 Å². The van der Waals surface area contributed by atoms with E-state index in [4.69, 9.17) is 0 Å². The van der Waals surface area contributed by atoms with Crippen LogP contribution in [-0.2, 0) is 14.6 Å². The minimum Gasteiger partial charge on any atom is -0.299 e. The van der Waals surface area contributed by atoms with Crippen LogP contribution in [0, 0.1) is 0 Å². The fraction of sp³-hybridized carbons (Fsp3) is 0.375. The number of aliphatic imine (C=N–C) groups is 1. The van der Waals surface area contributed by atoms with Crippen LogP contribution in [0.15, 0.2) is 38.9 Å². The van der Waals surface area contributed by atoms with Gasteiger partial charge in [0.1, 0.15) is 11.5 Å². The Balaban J connectivity index is 2.03. The van der Waals surface area contributed by atoms with E-state index < -0.39 is 22.0 Å². The van der Waals surface area contributed by atoms with Crippen molar-refractivity contribution in [1.82, 2.24) is 15.8 Å². The molecule has 1 aromatic heterocycles. The smallest absolute Gasteiger partial charge is 0.263 e. The van der Waals surface area contributed by atoms with Gasteiger partial charge in [-0.1, -0.05) is 12.1 Å². The number of alkyl halides is 2. The molecule has 1 aromatic carbocycles. The Labute approximate surface area is 169 Å². The Morgan fingerprint density at radius 3 is 2.79 bits per heavy atom. The highest BCUT2D eigenvalue weighted by atomic mass is 32.2. The SMILES string of the molecule is CS(=O)(=O)CC(=O)CCCSc1nonc1C(=Nc1cccc(C(F)F)c1)NO. The number of nitrogens with one attached hydrogen (secondary N) is 1. The largest absolute Gasteiger partial charge is 0.299 e. The van der Waals surface area contributed by atoms with Crippen LogP contribution < -0.4 is 5.48 Å². The zero-order valence-corrected chi connectivity index (χ0v) is 16.8. The van der Waals surface area contributed by atoms with Crippen molar-refractivity contribution in [3.05, 3.63) is 35.5 Å². The second-order valence-electron chi connectivity index (χ2n) is 5.95. The number of Topliss-reactive ketones (excluding diaryl/α,β-unsaturated/α-hetero) is 1. The van der Waals surface area contributed by atoms with Crippen molar-refractivity contribution >= 4 is 38.9 Å². The molecule has 2 N–H and O–H groups in total. The molecule has 158 valence electrons. The first-order valence-corrected chi connectivity index (χ1v) is 11.3. The van der Waals surface area contributed by atoms with Gasteiger partial charge in [-0.25, -0.2) is 26.8 Å². The van der Waals surface area contributed by atoms with Gasteiger partial charge in [-0.05, 0) is 28.9 Å². The standard InChI is InChI=1S/C16H18F2N4O5S2/c1-29(25,26)9-12(23)6-3-7-28-16-13(21-27-22-16)15(20-24)19-11-5-2-4-10(8-11)14(17)18/h2,4-5,8,14,24H,3,6-7,9H2,1H3,(H,19,20).